The maximum absolute atomic E-state index is 4.50. The monoisotopic (exact) mass is 218 g/mol. The van der Waals surface area contributed by atoms with Gasteiger partial charge < -0.3 is 10.2 Å². The number of hydrogen-bond donors (Lipinski definition) is 1. The summed E-state index contributed by atoms with van der Waals surface area (Å²) >= 11 is 0. The van der Waals surface area contributed by atoms with Gasteiger partial charge >= 0.3 is 0 Å². The minimum atomic E-state index is 0.717. The summed E-state index contributed by atoms with van der Waals surface area (Å²) in [5.41, 5.74) is 0. The smallest absolute Gasteiger partial charge is 0.224 e. The number of fused-ring (bicyclic) bond motifs is 1. The fourth-order valence-electron chi connectivity index (χ4n) is 3.07. The number of rotatable bonds is 2. The van der Waals surface area contributed by atoms with Crippen LogP contribution in [0.5, 0.6) is 0 Å². The summed E-state index contributed by atoms with van der Waals surface area (Å²) in [4.78, 5) is 11.1. The lowest BCUT2D eigenvalue weighted by Crippen LogP contribution is -2.22. The molecule has 1 aromatic heterocycles. The van der Waals surface area contributed by atoms with Crippen LogP contribution in [-0.2, 0) is 0 Å². The van der Waals surface area contributed by atoms with Gasteiger partial charge in [0.1, 0.15) is 5.82 Å². The molecule has 1 N–H and O–H groups in total. The quantitative estimate of drug-likeness (QED) is 0.821. The molecule has 2 heterocycles. The van der Waals surface area contributed by atoms with Crippen molar-refractivity contribution >= 4 is 11.8 Å². The fourth-order valence-corrected chi connectivity index (χ4v) is 3.07. The SMILES string of the molecule is CNc1nccc(N2CC3CCCC3C2)n1. The third kappa shape index (κ3) is 1.62. The van der Waals surface area contributed by atoms with Crippen molar-refractivity contribution in [2.45, 2.75) is 19.3 Å². The van der Waals surface area contributed by atoms with Gasteiger partial charge in [-0.2, -0.15) is 4.98 Å². The van der Waals surface area contributed by atoms with Gasteiger partial charge in [0.25, 0.3) is 0 Å². The lowest BCUT2D eigenvalue weighted by molar-refractivity contribution is 0.494. The van der Waals surface area contributed by atoms with E-state index in [-0.39, 0.29) is 0 Å². The minimum Gasteiger partial charge on any atom is -0.357 e. The molecule has 1 saturated heterocycles. The van der Waals surface area contributed by atoms with Crippen LogP contribution in [0.15, 0.2) is 12.3 Å². The van der Waals surface area contributed by atoms with Gasteiger partial charge in [-0.25, -0.2) is 4.98 Å². The molecule has 0 amide bonds. The van der Waals surface area contributed by atoms with E-state index in [4.69, 9.17) is 0 Å². The zero-order valence-electron chi connectivity index (χ0n) is 9.69. The lowest BCUT2D eigenvalue weighted by atomic mass is 10.0. The van der Waals surface area contributed by atoms with Gasteiger partial charge in [-0.15, -0.1) is 0 Å². The average Bonchev–Trinajstić information content (AvgIpc) is 2.89. The Morgan fingerprint density at radius 2 is 2.06 bits per heavy atom. The third-order valence-electron chi connectivity index (χ3n) is 3.91. The van der Waals surface area contributed by atoms with Crippen molar-refractivity contribution in [2.24, 2.45) is 11.8 Å². The van der Waals surface area contributed by atoms with Gasteiger partial charge in [-0.1, -0.05) is 6.42 Å². The molecule has 0 aromatic carbocycles. The van der Waals surface area contributed by atoms with Crippen molar-refractivity contribution in [3.63, 3.8) is 0 Å². The minimum absolute atomic E-state index is 0.717. The molecule has 1 aliphatic carbocycles. The van der Waals surface area contributed by atoms with Crippen LogP contribution in [0, 0.1) is 11.8 Å². The van der Waals surface area contributed by atoms with Crippen molar-refractivity contribution < 1.29 is 0 Å². The van der Waals surface area contributed by atoms with E-state index in [1.165, 1.54) is 32.4 Å². The third-order valence-corrected chi connectivity index (χ3v) is 3.91. The Morgan fingerprint density at radius 3 is 2.75 bits per heavy atom. The summed E-state index contributed by atoms with van der Waals surface area (Å²) in [7, 11) is 1.86. The van der Waals surface area contributed by atoms with Crippen LogP contribution in [0.4, 0.5) is 11.8 Å². The van der Waals surface area contributed by atoms with Crippen LogP contribution >= 0.6 is 0 Å². The van der Waals surface area contributed by atoms with Gasteiger partial charge in [-0.3, -0.25) is 0 Å². The van der Waals surface area contributed by atoms with E-state index in [1.807, 2.05) is 19.3 Å². The van der Waals surface area contributed by atoms with Crippen LogP contribution in [0.3, 0.4) is 0 Å². The van der Waals surface area contributed by atoms with Crippen molar-refractivity contribution in [1.82, 2.24) is 9.97 Å². The van der Waals surface area contributed by atoms with Gasteiger partial charge in [0, 0.05) is 26.3 Å². The second-order valence-corrected chi connectivity index (χ2v) is 4.84. The zero-order chi connectivity index (χ0) is 11.0. The number of hydrogen-bond acceptors (Lipinski definition) is 4. The van der Waals surface area contributed by atoms with E-state index >= 15 is 0 Å². The van der Waals surface area contributed by atoms with Crippen LogP contribution in [0.25, 0.3) is 0 Å². The summed E-state index contributed by atoms with van der Waals surface area (Å²) in [6, 6.07) is 2.02. The molecule has 4 heteroatoms. The summed E-state index contributed by atoms with van der Waals surface area (Å²) in [6.07, 6.45) is 6.08. The van der Waals surface area contributed by atoms with Gasteiger partial charge in [0.05, 0.1) is 0 Å². The Labute approximate surface area is 96.1 Å². The Bertz CT molecular complexity index is 367. The zero-order valence-corrected chi connectivity index (χ0v) is 9.69. The molecule has 2 fully saturated rings. The Hall–Kier alpha value is -1.32. The topological polar surface area (TPSA) is 41.1 Å². The van der Waals surface area contributed by atoms with Crippen LogP contribution in [0.2, 0.25) is 0 Å². The number of anilines is 2. The van der Waals surface area contributed by atoms with Gasteiger partial charge in [-0.05, 0) is 30.7 Å². The largest absolute Gasteiger partial charge is 0.357 e. The summed E-state index contributed by atoms with van der Waals surface area (Å²) < 4.78 is 0. The summed E-state index contributed by atoms with van der Waals surface area (Å²) in [6.45, 7) is 2.37. The molecule has 4 nitrogen and oxygen atoms in total. The molecule has 2 atom stereocenters. The number of aromatic nitrogens is 2. The standard InChI is InChI=1S/C12H18N4/c1-13-12-14-6-5-11(15-12)16-7-9-3-2-4-10(9)8-16/h5-6,9-10H,2-4,7-8H2,1H3,(H,13,14,15). The summed E-state index contributed by atoms with van der Waals surface area (Å²) in [5.74, 6) is 3.62. The van der Waals surface area contributed by atoms with E-state index in [9.17, 15) is 0 Å². The first kappa shape index (κ1) is 9.87. The first-order valence-corrected chi connectivity index (χ1v) is 6.12. The van der Waals surface area contributed by atoms with E-state index in [2.05, 4.69) is 20.2 Å². The maximum atomic E-state index is 4.50. The van der Waals surface area contributed by atoms with Gasteiger partial charge in [0.15, 0.2) is 0 Å². The first-order valence-electron chi connectivity index (χ1n) is 6.12. The molecule has 2 unspecified atom stereocenters. The van der Waals surface area contributed by atoms with Crippen LogP contribution in [-0.4, -0.2) is 30.1 Å². The van der Waals surface area contributed by atoms with Crippen molar-refractivity contribution in [1.29, 1.82) is 0 Å². The predicted molar refractivity (Wildman–Crippen MR) is 64.6 cm³/mol. The van der Waals surface area contributed by atoms with Crippen LogP contribution in [0.1, 0.15) is 19.3 Å². The number of nitrogens with zero attached hydrogens (tertiary/aromatic N) is 3. The van der Waals surface area contributed by atoms with E-state index < -0.39 is 0 Å². The van der Waals surface area contributed by atoms with Crippen molar-refractivity contribution in [3.05, 3.63) is 12.3 Å². The maximum Gasteiger partial charge on any atom is 0.224 e. The molecular weight excluding hydrogens is 200 g/mol. The summed E-state index contributed by atoms with van der Waals surface area (Å²) in [5, 5.41) is 2.99. The molecule has 2 aliphatic rings. The molecule has 3 rings (SSSR count). The highest BCUT2D eigenvalue weighted by atomic mass is 15.2. The first-order chi connectivity index (χ1) is 7.86. The highest BCUT2D eigenvalue weighted by molar-refractivity contribution is 5.43. The Morgan fingerprint density at radius 1 is 1.31 bits per heavy atom. The highest BCUT2D eigenvalue weighted by Crippen LogP contribution is 2.39. The normalized spacial score (nSPS) is 28.2. The molecule has 86 valence electrons. The Balaban J connectivity index is 1.78. The molecular formula is C12H18N4. The molecule has 0 bridgehead atoms. The fraction of sp³-hybridized carbons (Fsp3) is 0.667. The van der Waals surface area contributed by atoms with E-state index in [1.54, 1.807) is 0 Å². The molecule has 1 saturated carbocycles. The second-order valence-electron chi connectivity index (χ2n) is 4.84. The predicted octanol–water partition coefficient (Wildman–Crippen LogP) is 1.75. The number of nitrogens with one attached hydrogen (secondary N) is 1. The lowest BCUT2D eigenvalue weighted by Gasteiger charge is -2.18. The molecule has 1 aromatic rings. The van der Waals surface area contributed by atoms with Crippen molar-refractivity contribution in [2.75, 3.05) is 30.4 Å². The molecule has 0 radical (unpaired) electrons. The molecule has 16 heavy (non-hydrogen) atoms. The van der Waals surface area contributed by atoms with Crippen LogP contribution < -0.4 is 10.2 Å². The van der Waals surface area contributed by atoms with Crippen molar-refractivity contribution in [3.8, 4) is 0 Å². The second kappa shape index (κ2) is 3.92. The highest BCUT2D eigenvalue weighted by Gasteiger charge is 2.36. The van der Waals surface area contributed by atoms with Gasteiger partial charge in [0.2, 0.25) is 5.95 Å². The average molecular weight is 218 g/mol. The van der Waals surface area contributed by atoms with E-state index in [0.717, 1.165) is 23.6 Å². The molecule has 0 spiro atoms. The van der Waals surface area contributed by atoms with E-state index in [0.29, 0.717) is 0 Å². The Kier molecular flexibility index (Phi) is 2.42. The molecule has 1 aliphatic heterocycles.